The van der Waals surface area contributed by atoms with Crippen molar-refractivity contribution in [3.63, 3.8) is 0 Å². The summed E-state index contributed by atoms with van der Waals surface area (Å²) in [7, 11) is 0. The van der Waals surface area contributed by atoms with E-state index in [1.807, 2.05) is 25.4 Å². The first-order chi connectivity index (χ1) is 10.6. The molecule has 0 bridgehead atoms. The van der Waals surface area contributed by atoms with Crippen LogP contribution in [-0.2, 0) is 6.42 Å². The molecule has 22 heavy (non-hydrogen) atoms. The van der Waals surface area contributed by atoms with E-state index in [0.717, 1.165) is 29.7 Å². The summed E-state index contributed by atoms with van der Waals surface area (Å²) in [6.07, 6.45) is 5.45. The molecule has 0 aromatic carbocycles. The highest BCUT2D eigenvalue weighted by Gasteiger charge is 2.09. The van der Waals surface area contributed by atoms with Gasteiger partial charge in [-0.2, -0.15) is 5.10 Å². The second-order valence-electron chi connectivity index (χ2n) is 5.23. The predicted molar refractivity (Wildman–Crippen MR) is 79.6 cm³/mol. The molecular weight excluding hydrogens is 282 g/mol. The zero-order valence-corrected chi connectivity index (χ0v) is 12.5. The first kappa shape index (κ1) is 14.2. The van der Waals surface area contributed by atoms with Crippen molar-refractivity contribution < 1.29 is 9.32 Å². The molecular formula is C15H17N5O2. The molecule has 7 nitrogen and oxygen atoms in total. The van der Waals surface area contributed by atoms with E-state index in [-0.39, 0.29) is 5.91 Å². The maximum atomic E-state index is 11.8. The fourth-order valence-electron chi connectivity index (χ4n) is 2.22. The molecule has 3 rings (SSSR count). The molecule has 7 heteroatoms. The van der Waals surface area contributed by atoms with Crippen molar-refractivity contribution >= 4 is 11.6 Å². The van der Waals surface area contributed by atoms with Crippen LogP contribution in [-0.4, -0.2) is 32.2 Å². The van der Waals surface area contributed by atoms with E-state index in [1.54, 1.807) is 17.5 Å². The Morgan fingerprint density at radius 1 is 1.36 bits per heavy atom. The Balaban J connectivity index is 1.50. The number of hydrogen-bond donors (Lipinski definition) is 1. The van der Waals surface area contributed by atoms with Crippen LogP contribution in [0, 0.1) is 13.8 Å². The average molecular weight is 299 g/mol. The van der Waals surface area contributed by atoms with Crippen LogP contribution in [0.5, 0.6) is 0 Å². The van der Waals surface area contributed by atoms with E-state index < -0.39 is 0 Å². The Labute approximate surface area is 127 Å². The predicted octanol–water partition coefficient (Wildman–Crippen LogP) is 1.70. The van der Waals surface area contributed by atoms with Crippen LogP contribution in [0.3, 0.4) is 0 Å². The van der Waals surface area contributed by atoms with E-state index >= 15 is 0 Å². The number of rotatable bonds is 5. The van der Waals surface area contributed by atoms with E-state index in [0.29, 0.717) is 18.0 Å². The minimum absolute atomic E-state index is 0.215. The molecule has 1 amide bonds. The number of nitrogens with zero attached hydrogens (tertiary/aromatic N) is 4. The number of carbonyl (C=O) groups is 1. The largest absolute Gasteiger partial charge is 0.361 e. The van der Waals surface area contributed by atoms with Crippen LogP contribution < -0.4 is 5.32 Å². The lowest BCUT2D eigenvalue weighted by atomic mass is 10.2. The lowest BCUT2D eigenvalue weighted by Crippen LogP contribution is -2.25. The van der Waals surface area contributed by atoms with Crippen LogP contribution in [0.25, 0.3) is 5.65 Å². The topological polar surface area (TPSA) is 85.3 Å². The molecule has 1 N–H and O–H groups in total. The van der Waals surface area contributed by atoms with Crippen molar-refractivity contribution in [3.8, 4) is 0 Å². The molecule has 0 aliphatic rings. The molecule has 0 saturated heterocycles. The molecule has 0 aliphatic heterocycles. The maximum absolute atomic E-state index is 11.8. The highest BCUT2D eigenvalue weighted by Crippen LogP contribution is 2.06. The van der Waals surface area contributed by atoms with Gasteiger partial charge in [-0.3, -0.25) is 4.79 Å². The summed E-state index contributed by atoms with van der Waals surface area (Å²) in [6, 6.07) is 3.55. The SMILES string of the molecule is Cc1cc2ncc(CCCNC(=O)c3cc(C)on3)cn2n1. The number of aromatic nitrogens is 4. The molecule has 0 atom stereocenters. The van der Waals surface area contributed by atoms with Crippen LogP contribution in [0.2, 0.25) is 0 Å². The average Bonchev–Trinajstić information content (AvgIpc) is 3.07. The molecule has 0 spiro atoms. The summed E-state index contributed by atoms with van der Waals surface area (Å²) in [6.45, 7) is 4.26. The van der Waals surface area contributed by atoms with E-state index in [9.17, 15) is 4.79 Å². The van der Waals surface area contributed by atoms with Crippen LogP contribution >= 0.6 is 0 Å². The normalized spacial score (nSPS) is 11.0. The molecule has 0 radical (unpaired) electrons. The van der Waals surface area contributed by atoms with Crippen LogP contribution in [0.4, 0.5) is 0 Å². The zero-order chi connectivity index (χ0) is 15.5. The van der Waals surface area contributed by atoms with E-state index in [1.165, 1.54) is 0 Å². The fraction of sp³-hybridized carbons (Fsp3) is 0.333. The first-order valence-electron chi connectivity index (χ1n) is 7.14. The van der Waals surface area contributed by atoms with E-state index in [2.05, 4.69) is 20.6 Å². The standard InChI is InChI=1S/C15H17N5O2/c1-10-6-14-17-8-12(9-20(14)18-10)4-3-5-16-15(21)13-7-11(2)22-19-13/h6-9H,3-5H2,1-2H3,(H,16,21). The van der Waals surface area contributed by atoms with Gasteiger partial charge in [0.05, 0.1) is 5.69 Å². The Morgan fingerprint density at radius 2 is 2.23 bits per heavy atom. The quantitative estimate of drug-likeness (QED) is 0.725. The third-order valence-corrected chi connectivity index (χ3v) is 3.28. The highest BCUT2D eigenvalue weighted by molar-refractivity contribution is 5.92. The lowest BCUT2D eigenvalue weighted by Gasteiger charge is -2.03. The van der Waals surface area contributed by atoms with Gasteiger partial charge in [0.2, 0.25) is 0 Å². The van der Waals surface area contributed by atoms with Crippen LogP contribution in [0.1, 0.15) is 33.9 Å². The van der Waals surface area contributed by atoms with Gasteiger partial charge < -0.3 is 9.84 Å². The second-order valence-corrected chi connectivity index (χ2v) is 5.23. The minimum atomic E-state index is -0.215. The Kier molecular flexibility index (Phi) is 3.86. The van der Waals surface area contributed by atoms with Crippen molar-refractivity contribution in [3.05, 3.63) is 47.2 Å². The lowest BCUT2D eigenvalue weighted by molar-refractivity contribution is 0.0944. The van der Waals surface area contributed by atoms with Crippen molar-refractivity contribution in [2.45, 2.75) is 26.7 Å². The van der Waals surface area contributed by atoms with Crippen molar-refractivity contribution in [1.82, 2.24) is 25.1 Å². The van der Waals surface area contributed by atoms with Gasteiger partial charge in [0.15, 0.2) is 11.3 Å². The molecule has 0 unspecified atom stereocenters. The Hall–Kier alpha value is -2.70. The summed E-state index contributed by atoms with van der Waals surface area (Å²) in [5.41, 5.74) is 3.19. The van der Waals surface area contributed by atoms with Gasteiger partial charge in [-0.05, 0) is 32.3 Å². The summed E-state index contributed by atoms with van der Waals surface area (Å²) in [4.78, 5) is 16.1. The third kappa shape index (κ3) is 3.13. The smallest absolute Gasteiger partial charge is 0.273 e. The van der Waals surface area contributed by atoms with E-state index in [4.69, 9.17) is 4.52 Å². The summed E-state index contributed by atoms with van der Waals surface area (Å²) >= 11 is 0. The van der Waals surface area contributed by atoms with Gasteiger partial charge in [-0.25, -0.2) is 9.50 Å². The number of aryl methyl sites for hydroxylation is 3. The van der Waals surface area contributed by atoms with Crippen molar-refractivity contribution in [2.75, 3.05) is 6.54 Å². The highest BCUT2D eigenvalue weighted by atomic mass is 16.5. The summed E-state index contributed by atoms with van der Waals surface area (Å²) < 4.78 is 6.65. The monoisotopic (exact) mass is 299 g/mol. The molecule has 3 aromatic rings. The number of fused-ring (bicyclic) bond motifs is 1. The molecule has 3 heterocycles. The second kappa shape index (κ2) is 5.97. The minimum Gasteiger partial charge on any atom is -0.361 e. The van der Waals surface area contributed by atoms with Crippen molar-refractivity contribution in [1.29, 1.82) is 0 Å². The third-order valence-electron chi connectivity index (χ3n) is 3.28. The Morgan fingerprint density at radius 3 is 3.00 bits per heavy atom. The fourth-order valence-corrected chi connectivity index (χ4v) is 2.22. The number of carbonyl (C=O) groups excluding carboxylic acids is 1. The Bertz CT molecular complexity index is 805. The van der Waals surface area contributed by atoms with Gasteiger partial charge in [0, 0.05) is 31.1 Å². The number of hydrogen-bond acceptors (Lipinski definition) is 5. The number of amides is 1. The van der Waals surface area contributed by atoms with Crippen LogP contribution in [0.15, 0.2) is 29.0 Å². The van der Waals surface area contributed by atoms with Gasteiger partial charge >= 0.3 is 0 Å². The number of nitrogens with one attached hydrogen (secondary N) is 1. The molecule has 0 saturated carbocycles. The molecule has 0 aliphatic carbocycles. The molecule has 114 valence electrons. The first-order valence-corrected chi connectivity index (χ1v) is 7.14. The summed E-state index contributed by atoms with van der Waals surface area (Å²) in [5, 5.41) is 10.8. The van der Waals surface area contributed by atoms with Gasteiger partial charge in [0.25, 0.3) is 5.91 Å². The molecule has 3 aromatic heterocycles. The van der Waals surface area contributed by atoms with Gasteiger partial charge in [0.1, 0.15) is 5.76 Å². The zero-order valence-electron chi connectivity index (χ0n) is 12.5. The maximum Gasteiger partial charge on any atom is 0.273 e. The van der Waals surface area contributed by atoms with Gasteiger partial charge in [-0.15, -0.1) is 0 Å². The van der Waals surface area contributed by atoms with Crippen molar-refractivity contribution in [2.24, 2.45) is 0 Å². The van der Waals surface area contributed by atoms with Gasteiger partial charge in [-0.1, -0.05) is 5.16 Å². The molecule has 0 fully saturated rings. The summed E-state index contributed by atoms with van der Waals surface area (Å²) in [5.74, 6) is 0.409.